The van der Waals surface area contributed by atoms with Crippen LogP contribution < -0.4 is 0 Å². The molecule has 0 aliphatic heterocycles. The van der Waals surface area contributed by atoms with Crippen LogP contribution in [0.5, 0.6) is 0 Å². The van der Waals surface area contributed by atoms with E-state index in [2.05, 4.69) is 52.8 Å². The molecule has 4 aliphatic carbocycles. The SMILES string of the molecule is CC(C)=CCC[C@@H](C(=O)O)[C@H]1[C@H](O)[C@H](O)[C@@]2(C)C3=CC[C@H]4C(C)(C)[C@@H](O)CC[C@]4(C)C3=CC[C@]12C. The second kappa shape index (κ2) is 8.56. The summed E-state index contributed by atoms with van der Waals surface area (Å²) in [7, 11) is 0. The number of hydrogen-bond donors (Lipinski definition) is 4. The summed E-state index contributed by atoms with van der Waals surface area (Å²) in [5.74, 6) is -1.87. The number of aliphatic hydroxyl groups is 3. The van der Waals surface area contributed by atoms with Crippen LogP contribution in [0.2, 0.25) is 0 Å². The second-order valence-corrected chi connectivity index (χ2v) is 13.4. The molecule has 4 N–H and O–H groups in total. The summed E-state index contributed by atoms with van der Waals surface area (Å²) in [6.07, 6.45) is 8.31. The smallest absolute Gasteiger partial charge is 0.306 e. The molecule has 0 aromatic heterocycles. The third-order valence-corrected chi connectivity index (χ3v) is 11.2. The normalized spacial score (nSPS) is 44.8. The number of carboxylic acids is 1. The zero-order chi connectivity index (χ0) is 26.1. The van der Waals surface area contributed by atoms with E-state index in [1.54, 1.807) is 0 Å². The van der Waals surface area contributed by atoms with E-state index in [4.69, 9.17) is 0 Å². The van der Waals surface area contributed by atoms with Gasteiger partial charge in [0.1, 0.15) is 0 Å². The Morgan fingerprint density at radius 2 is 1.74 bits per heavy atom. The highest BCUT2D eigenvalue weighted by molar-refractivity contribution is 5.71. The van der Waals surface area contributed by atoms with Crippen molar-refractivity contribution >= 4 is 5.97 Å². The molecule has 9 atom stereocenters. The van der Waals surface area contributed by atoms with E-state index in [1.165, 1.54) is 5.57 Å². The standard InChI is InChI=1S/C30H46O5/c1-17(2)9-8-10-18(26(34)35)23-24(32)25(33)30(7)20-11-12-21-27(3,4)22(31)14-15-28(21,5)19(20)13-16-29(23,30)6/h9,11,13,18,21-25,31-33H,8,10,12,14-16H2,1-7H3,(H,34,35)/t18-,21+,22+,23+,24+,25+,28-,29-,30-/m1/s1. The first-order valence-electron chi connectivity index (χ1n) is 13.5. The molecule has 4 rings (SSSR count). The van der Waals surface area contributed by atoms with E-state index in [1.807, 2.05) is 13.8 Å². The Bertz CT molecular complexity index is 971. The summed E-state index contributed by atoms with van der Waals surface area (Å²) >= 11 is 0. The van der Waals surface area contributed by atoms with Crippen LogP contribution in [0.4, 0.5) is 0 Å². The van der Waals surface area contributed by atoms with Crippen molar-refractivity contribution in [1.82, 2.24) is 0 Å². The second-order valence-electron chi connectivity index (χ2n) is 13.4. The molecule has 2 saturated carbocycles. The molecule has 0 saturated heterocycles. The Labute approximate surface area is 211 Å². The number of carbonyl (C=O) groups is 1. The van der Waals surface area contributed by atoms with Crippen LogP contribution in [-0.4, -0.2) is 44.7 Å². The van der Waals surface area contributed by atoms with Gasteiger partial charge in [-0.15, -0.1) is 0 Å². The summed E-state index contributed by atoms with van der Waals surface area (Å²) in [6, 6.07) is 0. The molecule has 0 aromatic carbocycles. The highest BCUT2D eigenvalue weighted by Gasteiger charge is 2.70. The van der Waals surface area contributed by atoms with Crippen LogP contribution in [0.3, 0.4) is 0 Å². The number of aliphatic hydroxyl groups excluding tert-OH is 3. The van der Waals surface area contributed by atoms with Gasteiger partial charge in [0.05, 0.1) is 24.2 Å². The van der Waals surface area contributed by atoms with E-state index in [0.717, 1.165) is 30.4 Å². The van der Waals surface area contributed by atoms with Crippen molar-refractivity contribution in [3.8, 4) is 0 Å². The molecule has 4 aliphatic rings. The van der Waals surface area contributed by atoms with Gasteiger partial charge in [0, 0.05) is 11.3 Å². The van der Waals surface area contributed by atoms with E-state index in [9.17, 15) is 25.2 Å². The van der Waals surface area contributed by atoms with Gasteiger partial charge in [0.25, 0.3) is 0 Å². The number of carboxylic acid groups (broad SMARTS) is 1. The van der Waals surface area contributed by atoms with Gasteiger partial charge in [0.15, 0.2) is 0 Å². The Hall–Kier alpha value is -1.43. The number of rotatable bonds is 5. The van der Waals surface area contributed by atoms with Crippen molar-refractivity contribution in [3.63, 3.8) is 0 Å². The minimum Gasteiger partial charge on any atom is -0.481 e. The predicted octanol–water partition coefficient (Wildman–Crippen LogP) is 5.26. The first kappa shape index (κ1) is 26.6. The average molecular weight is 487 g/mol. The molecule has 0 bridgehead atoms. The van der Waals surface area contributed by atoms with Crippen molar-refractivity contribution in [3.05, 3.63) is 34.9 Å². The lowest BCUT2D eigenvalue weighted by Crippen LogP contribution is -2.55. The zero-order valence-electron chi connectivity index (χ0n) is 22.6. The maximum absolute atomic E-state index is 12.5. The first-order valence-corrected chi connectivity index (χ1v) is 13.5. The molecule has 2 fully saturated rings. The fourth-order valence-corrected chi connectivity index (χ4v) is 8.83. The van der Waals surface area contributed by atoms with Gasteiger partial charge in [0.2, 0.25) is 0 Å². The van der Waals surface area contributed by atoms with E-state index >= 15 is 0 Å². The summed E-state index contributed by atoms with van der Waals surface area (Å²) in [6.45, 7) is 14.8. The van der Waals surface area contributed by atoms with E-state index < -0.39 is 40.8 Å². The Morgan fingerprint density at radius 3 is 2.34 bits per heavy atom. The molecule has 0 unspecified atom stereocenters. The van der Waals surface area contributed by atoms with Gasteiger partial charge in [-0.1, -0.05) is 58.4 Å². The molecular formula is C30H46O5. The lowest BCUT2D eigenvalue weighted by Gasteiger charge is -2.61. The van der Waals surface area contributed by atoms with Crippen molar-refractivity contribution in [2.24, 2.45) is 39.4 Å². The molecule has 0 aromatic rings. The van der Waals surface area contributed by atoms with Crippen molar-refractivity contribution < 1.29 is 25.2 Å². The Balaban J connectivity index is 1.79. The number of allylic oxidation sites excluding steroid dienone is 5. The lowest BCUT2D eigenvalue weighted by molar-refractivity contribution is -0.148. The van der Waals surface area contributed by atoms with Crippen LogP contribution in [0, 0.1) is 39.4 Å². The fraction of sp³-hybridized carbons (Fsp3) is 0.767. The highest BCUT2D eigenvalue weighted by Crippen LogP contribution is 2.71. The third-order valence-electron chi connectivity index (χ3n) is 11.2. The average Bonchev–Trinajstić information content (AvgIpc) is 2.92. The molecule has 0 heterocycles. The van der Waals surface area contributed by atoms with Crippen LogP contribution in [0.25, 0.3) is 0 Å². The van der Waals surface area contributed by atoms with Gasteiger partial charge >= 0.3 is 5.97 Å². The van der Waals surface area contributed by atoms with Crippen LogP contribution in [0.1, 0.15) is 87.0 Å². The number of fused-ring (bicyclic) bond motifs is 5. The predicted molar refractivity (Wildman–Crippen MR) is 138 cm³/mol. The van der Waals surface area contributed by atoms with Gasteiger partial charge in [-0.05, 0) is 85.7 Å². The molecule has 0 radical (unpaired) electrons. The summed E-state index contributed by atoms with van der Waals surface area (Å²) in [4.78, 5) is 12.5. The van der Waals surface area contributed by atoms with Crippen molar-refractivity contribution in [2.75, 3.05) is 0 Å². The molecule has 196 valence electrons. The Kier molecular flexibility index (Phi) is 6.51. The highest BCUT2D eigenvalue weighted by atomic mass is 16.4. The minimum absolute atomic E-state index is 0.116. The van der Waals surface area contributed by atoms with Crippen molar-refractivity contribution in [2.45, 2.75) is 105 Å². The summed E-state index contributed by atoms with van der Waals surface area (Å²) < 4.78 is 0. The quantitative estimate of drug-likeness (QED) is 0.397. The largest absolute Gasteiger partial charge is 0.481 e. The maximum Gasteiger partial charge on any atom is 0.306 e. The van der Waals surface area contributed by atoms with Crippen LogP contribution >= 0.6 is 0 Å². The molecule has 5 nitrogen and oxygen atoms in total. The molecule has 5 heteroatoms. The molecule has 0 amide bonds. The molecule has 0 spiro atoms. The minimum atomic E-state index is -1.10. The summed E-state index contributed by atoms with van der Waals surface area (Å²) in [5, 5.41) is 44.1. The lowest BCUT2D eigenvalue weighted by atomic mass is 9.44. The number of aliphatic carboxylic acids is 1. The topological polar surface area (TPSA) is 98.0 Å². The van der Waals surface area contributed by atoms with Gasteiger partial charge < -0.3 is 20.4 Å². The third kappa shape index (κ3) is 3.55. The van der Waals surface area contributed by atoms with Crippen LogP contribution in [0.15, 0.2) is 34.9 Å². The van der Waals surface area contributed by atoms with Gasteiger partial charge in [-0.2, -0.15) is 0 Å². The van der Waals surface area contributed by atoms with E-state index in [0.29, 0.717) is 19.3 Å². The Morgan fingerprint density at radius 1 is 1.09 bits per heavy atom. The fourth-order valence-electron chi connectivity index (χ4n) is 8.83. The number of hydrogen-bond acceptors (Lipinski definition) is 4. The summed E-state index contributed by atoms with van der Waals surface area (Å²) in [5.41, 5.74) is 1.85. The van der Waals surface area contributed by atoms with Gasteiger partial charge in [-0.25, -0.2) is 0 Å². The van der Waals surface area contributed by atoms with Crippen LogP contribution in [-0.2, 0) is 4.79 Å². The van der Waals surface area contributed by atoms with E-state index in [-0.39, 0.29) is 22.9 Å². The zero-order valence-corrected chi connectivity index (χ0v) is 22.6. The maximum atomic E-state index is 12.5. The van der Waals surface area contributed by atoms with Crippen molar-refractivity contribution in [1.29, 1.82) is 0 Å². The monoisotopic (exact) mass is 486 g/mol. The molecular weight excluding hydrogens is 440 g/mol. The first-order chi connectivity index (χ1) is 16.1. The molecule has 35 heavy (non-hydrogen) atoms. The van der Waals surface area contributed by atoms with Gasteiger partial charge in [-0.3, -0.25) is 4.79 Å².